The van der Waals surface area contributed by atoms with Crippen LogP contribution in [0.15, 0.2) is 87.9 Å². The molecule has 6 nitrogen and oxygen atoms in total. The summed E-state index contributed by atoms with van der Waals surface area (Å²) in [5.41, 5.74) is -3.85. The Bertz CT molecular complexity index is 1350. The van der Waals surface area contributed by atoms with E-state index in [-0.39, 0.29) is 5.75 Å². The second kappa shape index (κ2) is 9.86. The molecule has 3 aromatic carbocycles. The van der Waals surface area contributed by atoms with Crippen molar-refractivity contribution >= 4 is 16.0 Å². The Morgan fingerprint density at radius 3 is 2.09 bits per heavy atom. The quantitative estimate of drug-likeness (QED) is 0.219. The van der Waals surface area contributed by atoms with Crippen LogP contribution in [0.2, 0.25) is 0 Å². The van der Waals surface area contributed by atoms with Gasteiger partial charge in [0.25, 0.3) is 5.91 Å². The van der Waals surface area contributed by atoms with Crippen molar-refractivity contribution in [3.05, 3.63) is 95.1 Å². The zero-order chi connectivity index (χ0) is 25.9. The van der Waals surface area contributed by atoms with Crippen molar-refractivity contribution in [1.82, 2.24) is 0 Å². The van der Waals surface area contributed by atoms with Gasteiger partial charge in [0.15, 0.2) is 0 Å². The van der Waals surface area contributed by atoms with Gasteiger partial charge in [-0.15, -0.1) is 5.11 Å². The molecule has 35 heavy (non-hydrogen) atoms. The Labute approximate surface area is 195 Å². The fourth-order valence-electron chi connectivity index (χ4n) is 2.92. The fourth-order valence-corrected chi connectivity index (χ4v) is 4.05. The molecular weight excluding hydrogens is 502 g/mol. The SMILES string of the molecule is O=C(N=NCc1cc(C(F)(F)F)ccc1S(=O)(=O)Oc1ccccc1)c1ccccc1C(F)(F)F. The lowest BCUT2D eigenvalue weighted by Gasteiger charge is -2.13. The fraction of sp³-hybridized carbons (Fsp3) is 0.136. The number of nitrogens with zero attached hydrogens (tertiary/aromatic N) is 2. The number of para-hydroxylation sites is 1. The minimum Gasteiger partial charge on any atom is -0.379 e. The predicted octanol–water partition coefficient (Wildman–Crippen LogP) is 6.28. The molecule has 0 radical (unpaired) electrons. The molecule has 0 aliphatic rings. The molecule has 0 heterocycles. The minimum atomic E-state index is -4.86. The molecule has 0 saturated heterocycles. The van der Waals surface area contributed by atoms with Gasteiger partial charge in [0.1, 0.15) is 10.6 Å². The standard InChI is InChI=1S/C22H14F6N2O4S/c23-21(24,25)15-10-11-19(35(32,33)34-16-6-2-1-3-7-16)14(12-15)13-29-30-20(31)17-8-4-5-9-18(17)22(26,27)28/h1-12H,13H2. The van der Waals surface area contributed by atoms with Crippen LogP contribution in [0.4, 0.5) is 26.3 Å². The second-order valence-corrected chi connectivity index (χ2v) is 8.43. The van der Waals surface area contributed by atoms with Crippen LogP contribution in [0.5, 0.6) is 5.75 Å². The lowest BCUT2D eigenvalue weighted by atomic mass is 10.1. The molecule has 184 valence electrons. The highest BCUT2D eigenvalue weighted by Crippen LogP contribution is 2.34. The second-order valence-electron chi connectivity index (χ2n) is 6.92. The zero-order valence-electron chi connectivity index (χ0n) is 17.3. The van der Waals surface area contributed by atoms with Crippen molar-refractivity contribution < 1.29 is 43.7 Å². The van der Waals surface area contributed by atoms with Crippen molar-refractivity contribution in [2.45, 2.75) is 23.8 Å². The van der Waals surface area contributed by atoms with Gasteiger partial charge in [0.05, 0.1) is 23.2 Å². The van der Waals surface area contributed by atoms with Crippen LogP contribution in [0.25, 0.3) is 0 Å². The highest BCUT2D eigenvalue weighted by atomic mass is 32.2. The third-order valence-electron chi connectivity index (χ3n) is 4.47. The maximum atomic E-state index is 13.2. The summed E-state index contributed by atoms with van der Waals surface area (Å²) >= 11 is 0. The lowest BCUT2D eigenvalue weighted by Crippen LogP contribution is -2.14. The highest BCUT2D eigenvalue weighted by molar-refractivity contribution is 7.87. The monoisotopic (exact) mass is 516 g/mol. The van der Waals surface area contributed by atoms with E-state index in [0.717, 1.165) is 18.2 Å². The molecule has 0 bridgehead atoms. The first kappa shape index (κ1) is 25.9. The largest absolute Gasteiger partial charge is 0.417 e. The summed E-state index contributed by atoms with van der Waals surface area (Å²) in [4.78, 5) is 11.5. The molecule has 0 unspecified atom stereocenters. The molecule has 0 aliphatic heterocycles. The third-order valence-corrected chi connectivity index (χ3v) is 5.82. The van der Waals surface area contributed by atoms with E-state index >= 15 is 0 Å². The smallest absolute Gasteiger partial charge is 0.379 e. The number of carbonyl (C=O) groups excluding carboxylic acids is 1. The maximum Gasteiger partial charge on any atom is 0.417 e. The number of hydrogen-bond donors (Lipinski definition) is 0. The molecule has 3 aromatic rings. The van der Waals surface area contributed by atoms with E-state index in [0.29, 0.717) is 24.3 Å². The average molecular weight is 516 g/mol. The molecule has 0 saturated carbocycles. The van der Waals surface area contributed by atoms with Crippen LogP contribution < -0.4 is 4.18 Å². The van der Waals surface area contributed by atoms with E-state index in [1.165, 1.54) is 24.3 Å². The Balaban J connectivity index is 1.95. The molecule has 3 rings (SSSR count). The van der Waals surface area contributed by atoms with E-state index in [1.54, 1.807) is 6.07 Å². The first-order valence-electron chi connectivity index (χ1n) is 9.57. The molecular formula is C22H14F6N2O4S. The Hall–Kier alpha value is -3.74. The normalized spacial score (nSPS) is 12.6. The van der Waals surface area contributed by atoms with E-state index < -0.39 is 62.1 Å². The first-order chi connectivity index (χ1) is 16.3. The molecule has 13 heteroatoms. The molecule has 0 atom stereocenters. The van der Waals surface area contributed by atoms with Crippen LogP contribution in [-0.4, -0.2) is 14.3 Å². The van der Waals surface area contributed by atoms with Crippen molar-refractivity contribution in [2.24, 2.45) is 10.2 Å². The molecule has 1 amide bonds. The summed E-state index contributed by atoms with van der Waals surface area (Å²) < 4.78 is 109. The third kappa shape index (κ3) is 6.44. The van der Waals surface area contributed by atoms with Crippen LogP contribution in [0, 0.1) is 0 Å². The van der Waals surface area contributed by atoms with Gasteiger partial charge < -0.3 is 4.18 Å². The molecule has 0 spiro atoms. The Morgan fingerprint density at radius 1 is 0.829 bits per heavy atom. The zero-order valence-corrected chi connectivity index (χ0v) is 18.2. The van der Waals surface area contributed by atoms with Gasteiger partial charge in [0.2, 0.25) is 0 Å². The first-order valence-corrected chi connectivity index (χ1v) is 11.0. The summed E-state index contributed by atoms with van der Waals surface area (Å²) in [6, 6.07) is 12.5. The number of benzene rings is 3. The number of amides is 1. The number of alkyl halides is 6. The Kier molecular flexibility index (Phi) is 7.29. The number of halogens is 6. The minimum absolute atomic E-state index is 0.112. The van der Waals surface area contributed by atoms with Gasteiger partial charge in [-0.2, -0.15) is 39.9 Å². The van der Waals surface area contributed by atoms with Crippen LogP contribution in [0.1, 0.15) is 27.0 Å². The molecule has 0 aromatic heterocycles. The summed E-state index contributed by atoms with van der Waals surface area (Å²) in [5, 5.41) is 6.50. The van der Waals surface area contributed by atoms with E-state index in [2.05, 4.69) is 10.2 Å². The van der Waals surface area contributed by atoms with Crippen molar-refractivity contribution in [3.8, 4) is 5.75 Å². The van der Waals surface area contributed by atoms with Gasteiger partial charge in [-0.3, -0.25) is 4.79 Å². The van der Waals surface area contributed by atoms with E-state index in [1.807, 2.05) is 0 Å². The number of azo groups is 1. The van der Waals surface area contributed by atoms with Crippen molar-refractivity contribution in [3.63, 3.8) is 0 Å². The van der Waals surface area contributed by atoms with Crippen molar-refractivity contribution in [2.75, 3.05) is 0 Å². The van der Waals surface area contributed by atoms with E-state index in [9.17, 15) is 39.6 Å². The van der Waals surface area contributed by atoms with Crippen molar-refractivity contribution in [1.29, 1.82) is 0 Å². The average Bonchev–Trinajstić information content (AvgIpc) is 2.78. The van der Waals surface area contributed by atoms with Crippen LogP contribution in [-0.2, 0) is 29.0 Å². The van der Waals surface area contributed by atoms with Gasteiger partial charge >= 0.3 is 22.5 Å². The number of carbonyl (C=O) groups is 1. The van der Waals surface area contributed by atoms with Gasteiger partial charge in [-0.05, 0) is 48.0 Å². The van der Waals surface area contributed by atoms with Crippen LogP contribution >= 0.6 is 0 Å². The Morgan fingerprint density at radius 2 is 1.46 bits per heavy atom. The molecule has 0 fully saturated rings. The van der Waals surface area contributed by atoms with Crippen LogP contribution in [0.3, 0.4) is 0 Å². The summed E-state index contributed by atoms with van der Waals surface area (Å²) in [6.07, 6.45) is -9.70. The summed E-state index contributed by atoms with van der Waals surface area (Å²) in [7, 11) is -4.64. The highest BCUT2D eigenvalue weighted by Gasteiger charge is 2.35. The summed E-state index contributed by atoms with van der Waals surface area (Å²) in [5.74, 6) is -1.52. The molecule has 0 N–H and O–H groups in total. The maximum absolute atomic E-state index is 13.2. The topological polar surface area (TPSA) is 85.2 Å². The lowest BCUT2D eigenvalue weighted by molar-refractivity contribution is -0.138. The summed E-state index contributed by atoms with van der Waals surface area (Å²) in [6.45, 7) is -0.865. The van der Waals surface area contributed by atoms with Gasteiger partial charge in [-0.25, -0.2) is 0 Å². The van der Waals surface area contributed by atoms with Gasteiger partial charge in [-0.1, -0.05) is 30.3 Å². The predicted molar refractivity (Wildman–Crippen MR) is 110 cm³/mol. The number of rotatable bonds is 6. The van der Waals surface area contributed by atoms with E-state index in [4.69, 9.17) is 4.18 Å². The van der Waals surface area contributed by atoms with Gasteiger partial charge in [0, 0.05) is 0 Å². The number of hydrogen-bond acceptors (Lipinski definition) is 5. The molecule has 0 aliphatic carbocycles.